The summed E-state index contributed by atoms with van der Waals surface area (Å²) in [4.78, 5) is 14.8. The highest BCUT2D eigenvalue weighted by atomic mass is 35.5. The summed E-state index contributed by atoms with van der Waals surface area (Å²) in [5, 5.41) is 12.0. The van der Waals surface area contributed by atoms with Crippen LogP contribution in [0.1, 0.15) is 16.8 Å². The molecular formula is C10H13ClN2O3S. The fraction of sp³-hybridized carbons (Fsp3) is 0.400. The molecule has 0 aliphatic heterocycles. The Hall–Kier alpha value is -1.14. The first-order valence-electron chi connectivity index (χ1n) is 4.94. The van der Waals surface area contributed by atoms with E-state index < -0.39 is 16.8 Å². The van der Waals surface area contributed by atoms with Crippen LogP contribution in [0.25, 0.3) is 0 Å². The fourth-order valence-electron chi connectivity index (χ4n) is 1.22. The van der Waals surface area contributed by atoms with Crippen LogP contribution in [0.2, 0.25) is 5.15 Å². The lowest BCUT2D eigenvalue weighted by molar-refractivity contribution is 0.0697. The predicted octanol–water partition coefficient (Wildman–Crippen LogP) is 1.61. The Labute approximate surface area is 107 Å². The molecule has 1 unspecified atom stereocenters. The molecule has 0 saturated carbocycles. The second kappa shape index (κ2) is 6.56. The Balaban J connectivity index is 2.65. The largest absolute Gasteiger partial charge is 0.478 e. The van der Waals surface area contributed by atoms with E-state index in [0.717, 1.165) is 0 Å². The summed E-state index contributed by atoms with van der Waals surface area (Å²) in [6.45, 7) is 0.507. The summed E-state index contributed by atoms with van der Waals surface area (Å²) in [6.07, 6.45) is 2.30. The monoisotopic (exact) mass is 276 g/mol. The molecule has 0 spiro atoms. The second-order valence-corrected chi connectivity index (χ2v) is 5.33. The van der Waals surface area contributed by atoms with Crippen molar-refractivity contribution >= 4 is 34.2 Å². The average Bonchev–Trinajstić information content (AvgIpc) is 2.23. The molecule has 0 saturated heterocycles. The molecule has 94 valence electrons. The van der Waals surface area contributed by atoms with E-state index in [2.05, 4.69) is 10.3 Å². The molecule has 1 heterocycles. The Kier molecular flexibility index (Phi) is 5.37. The van der Waals surface area contributed by atoms with Crippen LogP contribution in [0.15, 0.2) is 12.1 Å². The number of hydrogen-bond donors (Lipinski definition) is 2. The molecule has 0 bridgehead atoms. The summed E-state index contributed by atoms with van der Waals surface area (Å²) < 4.78 is 10.8. The van der Waals surface area contributed by atoms with Crippen LogP contribution in [0.3, 0.4) is 0 Å². The van der Waals surface area contributed by atoms with Gasteiger partial charge in [0.2, 0.25) is 0 Å². The Morgan fingerprint density at radius 3 is 2.88 bits per heavy atom. The van der Waals surface area contributed by atoms with Gasteiger partial charge in [-0.15, -0.1) is 0 Å². The summed E-state index contributed by atoms with van der Waals surface area (Å²) in [6, 6.07) is 2.83. The van der Waals surface area contributed by atoms with Gasteiger partial charge in [0.15, 0.2) is 0 Å². The average molecular weight is 277 g/mol. The second-order valence-electron chi connectivity index (χ2n) is 3.39. The van der Waals surface area contributed by atoms with Gasteiger partial charge in [0.05, 0.1) is 0 Å². The van der Waals surface area contributed by atoms with Gasteiger partial charge in [-0.3, -0.25) is 4.21 Å². The molecule has 1 aromatic rings. The lowest BCUT2D eigenvalue weighted by atomic mass is 10.2. The van der Waals surface area contributed by atoms with Crippen molar-refractivity contribution in [2.45, 2.75) is 6.42 Å². The maximum Gasteiger partial charge on any atom is 0.339 e. The molecular weight excluding hydrogens is 264 g/mol. The molecule has 0 radical (unpaired) electrons. The van der Waals surface area contributed by atoms with Crippen LogP contribution in [0.5, 0.6) is 0 Å². The highest BCUT2D eigenvalue weighted by molar-refractivity contribution is 7.84. The van der Waals surface area contributed by atoms with Gasteiger partial charge in [0.1, 0.15) is 16.5 Å². The number of carboxylic acids is 1. The maximum atomic E-state index is 10.9. The zero-order valence-electron chi connectivity index (χ0n) is 9.27. The first kappa shape index (κ1) is 13.9. The van der Waals surface area contributed by atoms with E-state index in [1.807, 2.05) is 0 Å². The number of nitrogens with one attached hydrogen (secondary N) is 1. The molecule has 1 rings (SSSR count). The van der Waals surface area contributed by atoms with E-state index in [-0.39, 0.29) is 16.5 Å². The van der Waals surface area contributed by atoms with Crippen molar-refractivity contribution in [2.75, 3.05) is 23.9 Å². The van der Waals surface area contributed by atoms with Gasteiger partial charge >= 0.3 is 5.97 Å². The van der Waals surface area contributed by atoms with Gasteiger partial charge in [-0.1, -0.05) is 11.6 Å². The Morgan fingerprint density at radius 2 is 2.29 bits per heavy atom. The molecule has 0 aliphatic carbocycles. The molecule has 2 N–H and O–H groups in total. The summed E-state index contributed by atoms with van der Waals surface area (Å²) in [7, 11) is -0.845. The van der Waals surface area contributed by atoms with Crippen LogP contribution in [-0.2, 0) is 10.8 Å². The molecule has 7 heteroatoms. The number of carbonyl (C=O) groups is 1. The summed E-state index contributed by atoms with van der Waals surface area (Å²) in [5.41, 5.74) is 0.0759. The molecule has 0 fully saturated rings. The molecule has 1 aromatic heterocycles. The quantitative estimate of drug-likeness (QED) is 0.610. The number of pyridine rings is 1. The number of nitrogens with zero attached hydrogens (tertiary/aromatic N) is 1. The van der Waals surface area contributed by atoms with Gasteiger partial charge in [0.25, 0.3) is 0 Å². The molecule has 0 aromatic carbocycles. The first-order valence-corrected chi connectivity index (χ1v) is 7.05. The highest BCUT2D eigenvalue weighted by Crippen LogP contribution is 2.16. The van der Waals surface area contributed by atoms with Crippen molar-refractivity contribution < 1.29 is 14.1 Å². The lowest BCUT2D eigenvalue weighted by Crippen LogP contribution is -2.11. The smallest absolute Gasteiger partial charge is 0.339 e. The molecule has 0 amide bonds. The molecule has 1 atom stereocenters. The van der Waals surface area contributed by atoms with Crippen LogP contribution in [0, 0.1) is 0 Å². The minimum absolute atomic E-state index is 0.0759. The molecule has 5 nitrogen and oxygen atoms in total. The number of aromatic nitrogens is 1. The van der Waals surface area contributed by atoms with E-state index in [0.29, 0.717) is 18.7 Å². The predicted molar refractivity (Wildman–Crippen MR) is 68.2 cm³/mol. The first-order chi connectivity index (χ1) is 8.00. The molecule has 17 heavy (non-hydrogen) atoms. The van der Waals surface area contributed by atoms with Crippen LogP contribution >= 0.6 is 11.6 Å². The van der Waals surface area contributed by atoms with Crippen molar-refractivity contribution in [3.05, 3.63) is 22.8 Å². The third kappa shape index (κ3) is 4.70. The Bertz CT molecular complexity index is 440. The van der Waals surface area contributed by atoms with E-state index in [4.69, 9.17) is 16.7 Å². The van der Waals surface area contributed by atoms with Gasteiger partial charge in [-0.25, -0.2) is 9.78 Å². The third-order valence-corrected chi connectivity index (χ3v) is 3.07. The minimum atomic E-state index is -1.06. The van der Waals surface area contributed by atoms with Gasteiger partial charge in [0, 0.05) is 29.4 Å². The van der Waals surface area contributed by atoms with Crippen molar-refractivity contribution in [1.29, 1.82) is 0 Å². The van der Waals surface area contributed by atoms with Crippen LogP contribution < -0.4 is 5.32 Å². The molecule has 0 aliphatic rings. The van der Waals surface area contributed by atoms with E-state index in [1.165, 1.54) is 12.1 Å². The number of carboxylic acid groups (broad SMARTS) is 1. The summed E-state index contributed by atoms with van der Waals surface area (Å²) >= 11 is 5.69. The van der Waals surface area contributed by atoms with Crippen molar-refractivity contribution in [3.8, 4) is 0 Å². The third-order valence-electron chi connectivity index (χ3n) is 1.99. The number of aromatic carboxylic acids is 1. The van der Waals surface area contributed by atoms with E-state index >= 15 is 0 Å². The zero-order valence-corrected chi connectivity index (χ0v) is 10.8. The van der Waals surface area contributed by atoms with Gasteiger partial charge < -0.3 is 10.4 Å². The van der Waals surface area contributed by atoms with Crippen molar-refractivity contribution in [1.82, 2.24) is 4.98 Å². The topological polar surface area (TPSA) is 79.3 Å². The van der Waals surface area contributed by atoms with Crippen LogP contribution in [-0.4, -0.2) is 38.8 Å². The van der Waals surface area contributed by atoms with E-state index in [9.17, 15) is 9.00 Å². The number of hydrogen-bond acceptors (Lipinski definition) is 4. The van der Waals surface area contributed by atoms with Crippen LogP contribution in [0.4, 0.5) is 5.82 Å². The maximum absolute atomic E-state index is 10.9. The fourth-order valence-corrected chi connectivity index (χ4v) is 1.92. The summed E-state index contributed by atoms with van der Waals surface area (Å²) in [5.74, 6) is -0.252. The van der Waals surface area contributed by atoms with Gasteiger partial charge in [-0.2, -0.15) is 0 Å². The number of anilines is 1. The minimum Gasteiger partial charge on any atom is -0.478 e. The normalized spacial score (nSPS) is 12.1. The van der Waals surface area contributed by atoms with Crippen molar-refractivity contribution in [3.63, 3.8) is 0 Å². The van der Waals surface area contributed by atoms with Crippen molar-refractivity contribution in [2.24, 2.45) is 0 Å². The standard InChI is InChI=1S/C10H13ClN2O3S/c1-17(16)6-2-5-12-9-7(10(14)15)3-4-8(11)13-9/h3-4H,2,5-6H2,1H3,(H,12,13)(H,14,15). The number of halogens is 1. The lowest BCUT2D eigenvalue weighted by Gasteiger charge is -2.08. The Morgan fingerprint density at radius 1 is 1.59 bits per heavy atom. The number of rotatable bonds is 6. The van der Waals surface area contributed by atoms with E-state index in [1.54, 1.807) is 6.26 Å². The van der Waals surface area contributed by atoms with Gasteiger partial charge in [-0.05, 0) is 18.6 Å². The highest BCUT2D eigenvalue weighted by Gasteiger charge is 2.11. The zero-order chi connectivity index (χ0) is 12.8. The SMILES string of the molecule is CS(=O)CCCNc1nc(Cl)ccc1C(=O)O.